The van der Waals surface area contributed by atoms with Crippen LogP contribution in [0.15, 0.2) is 47.4 Å². The fraction of sp³-hybridized carbons (Fsp3) is 0.391. The van der Waals surface area contributed by atoms with E-state index in [1.165, 1.54) is 5.56 Å². The van der Waals surface area contributed by atoms with Crippen LogP contribution < -0.4 is 10.5 Å². The molecule has 7 heteroatoms. The molecule has 30 heavy (non-hydrogen) atoms. The molecule has 1 aromatic carbocycles. The van der Waals surface area contributed by atoms with Crippen LogP contribution in [0, 0.1) is 6.92 Å². The highest BCUT2D eigenvalue weighted by Crippen LogP contribution is 2.16. The lowest BCUT2D eigenvalue weighted by Gasteiger charge is -2.35. The second-order valence-corrected chi connectivity index (χ2v) is 7.78. The van der Waals surface area contributed by atoms with Gasteiger partial charge < -0.3 is 9.80 Å². The van der Waals surface area contributed by atoms with Gasteiger partial charge in [-0.15, -0.1) is 0 Å². The summed E-state index contributed by atoms with van der Waals surface area (Å²) in [6.07, 6.45) is 3.11. The molecule has 0 bridgehead atoms. The Morgan fingerprint density at radius 2 is 1.80 bits per heavy atom. The second-order valence-electron chi connectivity index (χ2n) is 7.78. The average molecular weight is 406 g/mol. The van der Waals surface area contributed by atoms with Gasteiger partial charge in [-0.2, -0.15) is 0 Å². The van der Waals surface area contributed by atoms with E-state index < -0.39 is 0 Å². The maximum Gasteiger partial charge on any atom is 0.295 e. The fourth-order valence-corrected chi connectivity index (χ4v) is 3.83. The maximum absolute atomic E-state index is 13.4. The molecule has 1 fully saturated rings. The van der Waals surface area contributed by atoms with Crippen molar-refractivity contribution in [3.05, 3.63) is 64.1 Å². The van der Waals surface area contributed by atoms with Crippen molar-refractivity contribution in [3.63, 3.8) is 0 Å². The van der Waals surface area contributed by atoms with E-state index in [4.69, 9.17) is 0 Å². The van der Waals surface area contributed by atoms with Crippen LogP contribution in [0.1, 0.15) is 30.9 Å². The van der Waals surface area contributed by atoms with Crippen LogP contribution in [-0.4, -0.2) is 51.5 Å². The third-order valence-electron chi connectivity index (χ3n) is 5.54. The number of anilines is 1. The Kier molecular flexibility index (Phi) is 5.79. The molecule has 1 aliphatic rings. The highest BCUT2D eigenvalue weighted by atomic mass is 16.2. The number of hydrogen-bond acceptors (Lipinski definition) is 5. The molecule has 1 amide bonds. The number of fused-ring (bicyclic) bond motifs is 1. The number of pyridine rings is 1. The first-order chi connectivity index (χ1) is 14.6. The molecule has 4 rings (SSSR count). The van der Waals surface area contributed by atoms with Crippen LogP contribution in [0.3, 0.4) is 0 Å². The molecule has 1 aliphatic heterocycles. The molecule has 2 aromatic heterocycles. The van der Waals surface area contributed by atoms with Crippen LogP contribution in [0.4, 0.5) is 5.82 Å². The van der Waals surface area contributed by atoms with Gasteiger partial charge in [0.05, 0.1) is 6.54 Å². The molecule has 3 aromatic rings. The summed E-state index contributed by atoms with van der Waals surface area (Å²) in [5.41, 5.74) is 3.36. The number of benzene rings is 1. The summed E-state index contributed by atoms with van der Waals surface area (Å²) in [4.78, 5) is 38.5. The monoisotopic (exact) mass is 405 g/mol. The van der Waals surface area contributed by atoms with Crippen LogP contribution >= 0.6 is 0 Å². The summed E-state index contributed by atoms with van der Waals surface area (Å²) >= 11 is 0. The maximum atomic E-state index is 13.4. The number of hydrogen-bond donors (Lipinski definition) is 0. The molecule has 1 saturated heterocycles. The van der Waals surface area contributed by atoms with Gasteiger partial charge in [0.2, 0.25) is 5.91 Å². The third kappa shape index (κ3) is 4.06. The van der Waals surface area contributed by atoms with Gasteiger partial charge in [0.15, 0.2) is 11.5 Å². The molecule has 3 heterocycles. The van der Waals surface area contributed by atoms with Crippen molar-refractivity contribution in [1.82, 2.24) is 19.4 Å². The highest BCUT2D eigenvalue weighted by molar-refractivity contribution is 5.76. The van der Waals surface area contributed by atoms with Gasteiger partial charge in [0, 0.05) is 38.8 Å². The molecular weight excluding hydrogens is 378 g/mol. The Bertz CT molecular complexity index is 1100. The summed E-state index contributed by atoms with van der Waals surface area (Å²) < 4.78 is 1.71. The molecule has 0 unspecified atom stereocenters. The van der Waals surface area contributed by atoms with Crippen molar-refractivity contribution in [3.8, 4) is 0 Å². The van der Waals surface area contributed by atoms with E-state index in [1.54, 1.807) is 10.8 Å². The molecule has 0 atom stereocenters. The van der Waals surface area contributed by atoms with Crippen molar-refractivity contribution in [1.29, 1.82) is 0 Å². The highest BCUT2D eigenvalue weighted by Gasteiger charge is 2.24. The van der Waals surface area contributed by atoms with Crippen molar-refractivity contribution in [2.75, 3.05) is 31.1 Å². The minimum atomic E-state index is -0.143. The second kappa shape index (κ2) is 8.65. The number of rotatable bonds is 5. The zero-order valence-corrected chi connectivity index (χ0v) is 17.5. The Morgan fingerprint density at radius 3 is 2.50 bits per heavy atom. The molecule has 0 radical (unpaired) electrons. The van der Waals surface area contributed by atoms with E-state index in [1.807, 2.05) is 60.0 Å². The Hall–Kier alpha value is -3.22. The molecule has 7 nitrogen and oxygen atoms in total. The first kappa shape index (κ1) is 20.1. The minimum absolute atomic E-state index is 0.143. The fourth-order valence-electron chi connectivity index (χ4n) is 3.83. The quantitative estimate of drug-likeness (QED) is 0.653. The van der Waals surface area contributed by atoms with E-state index >= 15 is 0 Å². The Labute approximate surface area is 176 Å². The van der Waals surface area contributed by atoms with Crippen LogP contribution in [0.2, 0.25) is 0 Å². The third-order valence-corrected chi connectivity index (χ3v) is 5.54. The number of aromatic nitrogens is 3. The minimum Gasteiger partial charge on any atom is -0.348 e. The summed E-state index contributed by atoms with van der Waals surface area (Å²) in [6, 6.07) is 11.9. The van der Waals surface area contributed by atoms with E-state index in [0.717, 1.165) is 12.0 Å². The normalized spacial score (nSPS) is 14.3. The predicted octanol–water partition coefficient (Wildman–Crippen LogP) is 2.60. The Balaban J connectivity index is 1.66. The lowest BCUT2D eigenvalue weighted by atomic mass is 10.1. The topological polar surface area (TPSA) is 71.3 Å². The zero-order chi connectivity index (χ0) is 21.1. The van der Waals surface area contributed by atoms with Gasteiger partial charge >= 0.3 is 0 Å². The molecule has 0 N–H and O–H groups in total. The van der Waals surface area contributed by atoms with E-state index in [2.05, 4.69) is 9.97 Å². The number of piperazine rings is 1. The van der Waals surface area contributed by atoms with Gasteiger partial charge in [-0.25, -0.2) is 9.97 Å². The largest absolute Gasteiger partial charge is 0.348 e. The van der Waals surface area contributed by atoms with Crippen molar-refractivity contribution >= 4 is 22.9 Å². The smallest absolute Gasteiger partial charge is 0.295 e. The van der Waals surface area contributed by atoms with E-state index in [-0.39, 0.29) is 11.5 Å². The first-order valence-corrected chi connectivity index (χ1v) is 10.5. The molecule has 0 aliphatic carbocycles. The molecule has 156 valence electrons. The molecule has 0 saturated carbocycles. The van der Waals surface area contributed by atoms with Gasteiger partial charge in [0.25, 0.3) is 5.56 Å². The van der Waals surface area contributed by atoms with Crippen molar-refractivity contribution in [2.45, 2.75) is 33.2 Å². The van der Waals surface area contributed by atoms with Gasteiger partial charge in [-0.05, 0) is 31.0 Å². The zero-order valence-electron chi connectivity index (χ0n) is 17.5. The first-order valence-electron chi connectivity index (χ1n) is 10.5. The number of amides is 1. The van der Waals surface area contributed by atoms with Gasteiger partial charge in [-0.3, -0.25) is 14.2 Å². The van der Waals surface area contributed by atoms with E-state index in [0.29, 0.717) is 56.1 Å². The summed E-state index contributed by atoms with van der Waals surface area (Å²) in [5.74, 6) is 0.620. The van der Waals surface area contributed by atoms with E-state index in [9.17, 15) is 9.59 Å². The van der Waals surface area contributed by atoms with Crippen LogP contribution in [0.25, 0.3) is 11.2 Å². The number of nitrogens with zero attached hydrogens (tertiary/aromatic N) is 5. The molecular formula is C23H27N5O2. The van der Waals surface area contributed by atoms with Crippen LogP contribution in [-0.2, 0) is 11.3 Å². The van der Waals surface area contributed by atoms with Crippen LogP contribution in [0.5, 0.6) is 0 Å². The Morgan fingerprint density at radius 1 is 1.07 bits per heavy atom. The van der Waals surface area contributed by atoms with Gasteiger partial charge in [-0.1, -0.05) is 36.8 Å². The van der Waals surface area contributed by atoms with Gasteiger partial charge in [0.1, 0.15) is 5.52 Å². The number of carbonyl (C=O) groups is 1. The van der Waals surface area contributed by atoms with Crippen molar-refractivity contribution in [2.24, 2.45) is 0 Å². The molecule has 0 spiro atoms. The summed E-state index contributed by atoms with van der Waals surface area (Å²) in [5, 5.41) is 0. The van der Waals surface area contributed by atoms with Crippen molar-refractivity contribution < 1.29 is 4.79 Å². The lowest BCUT2D eigenvalue weighted by molar-refractivity contribution is -0.131. The number of aryl methyl sites for hydroxylation is 1. The average Bonchev–Trinajstić information content (AvgIpc) is 2.77. The summed E-state index contributed by atoms with van der Waals surface area (Å²) in [6.45, 7) is 6.94. The lowest BCUT2D eigenvalue weighted by Crippen LogP contribution is -2.50. The summed E-state index contributed by atoms with van der Waals surface area (Å²) in [7, 11) is 0. The SMILES string of the molecule is CCCC(=O)N1CCN(c2nc3cccnc3n(Cc3ccc(C)cc3)c2=O)CC1. The number of carbonyl (C=O) groups excluding carboxylic acids is 1. The standard InChI is InChI=1S/C23H27N5O2/c1-3-5-20(29)26-12-14-27(15-13-26)22-23(30)28(16-18-9-7-17(2)8-10-18)21-19(25-22)6-4-11-24-21/h4,6-11H,3,5,12-16H2,1-2H3. The predicted molar refractivity (Wildman–Crippen MR) is 118 cm³/mol.